The van der Waals surface area contributed by atoms with Gasteiger partial charge in [-0.05, 0) is 71.8 Å². The lowest BCUT2D eigenvalue weighted by Crippen LogP contribution is -2.56. The van der Waals surface area contributed by atoms with Crippen molar-refractivity contribution in [3.8, 4) is 0 Å². The van der Waals surface area contributed by atoms with Crippen LogP contribution in [0.5, 0.6) is 0 Å². The molecule has 5 nitrogen and oxygen atoms in total. The first-order chi connectivity index (χ1) is 11.8. The van der Waals surface area contributed by atoms with Crippen molar-refractivity contribution < 1.29 is 14.6 Å². The van der Waals surface area contributed by atoms with E-state index in [2.05, 4.69) is 11.8 Å². The summed E-state index contributed by atoms with van der Waals surface area (Å²) >= 11 is 0. The molecule has 1 N–H and O–H groups in total. The first-order valence-corrected chi connectivity index (χ1v) is 10.1. The Morgan fingerprint density at radius 2 is 1.92 bits per heavy atom. The van der Waals surface area contributed by atoms with Gasteiger partial charge in [0.15, 0.2) is 0 Å². The van der Waals surface area contributed by atoms with E-state index < -0.39 is 6.09 Å². The second-order valence-electron chi connectivity index (χ2n) is 8.86. The van der Waals surface area contributed by atoms with Crippen LogP contribution in [-0.2, 0) is 4.74 Å². The summed E-state index contributed by atoms with van der Waals surface area (Å²) in [5.41, 5.74) is -0.342. The highest BCUT2D eigenvalue weighted by Crippen LogP contribution is 2.34. The van der Waals surface area contributed by atoms with E-state index in [1.54, 1.807) is 4.90 Å². The molecule has 0 aromatic rings. The van der Waals surface area contributed by atoms with Crippen molar-refractivity contribution in [1.82, 2.24) is 9.80 Å². The molecule has 1 heterocycles. The number of piperidine rings is 1. The molecule has 3 atom stereocenters. The van der Waals surface area contributed by atoms with Crippen molar-refractivity contribution >= 4 is 6.09 Å². The van der Waals surface area contributed by atoms with Crippen LogP contribution < -0.4 is 0 Å². The van der Waals surface area contributed by atoms with Crippen LogP contribution in [0.2, 0.25) is 0 Å². The molecule has 1 saturated heterocycles. The van der Waals surface area contributed by atoms with E-state index in [0.717, 1.165) is 52.1 Å². The maximum Gasteiger partial charge on any atom is 0.407 e. The molecule has 0 bridgehead atoms. The van der Waals surface area contributed by atoms with Crippen LogP contribution in [0.25, 0.3) is 0 Å². The maximum absolute atomic E-state index is 11.9. The molecule has 1 saturated carbocycles. The Morgan fingerprint density at radius 1 is 1.20 bits per heavy atom. The predicted octanol–water partition coefficient (Wildman–Crippen LogP) is 4.07. The van der Waals surface area contributed by atoms with E-state index in [-0.39, 0.29) is 11.6 Å². The lowest BCUT2D eigenvalue weighted by molar-refractivity contribution is 0.0117. The van der Waals surface area contributed by atoms with E-state index >= 15 is 0 Å². The van der Waals surface area contributed by atoms with Gasteiger partial charge in [0.25, 0.3) is 0 Å². The van der Waals surface area contributed by atoms with Crippen LogP contribution in [0.1, 0.15) is 66.2 Å². The summed E-state index contributed by atoms with van der Waals surface area (Å²) < 4.78 is 5.63. The van der Waals surface area contributed by atoms with Crippen LogP contribution in [0.15, 0.2) is 0 Å². The molecule has 0 spiro atoms. The van der Waals surface area contributed by atoms with E-state index in [1.807, 2.05) is 20.8 Å². The van der Waals surface area contributed by atoms with Crippen molar-refractivity contribution in [3.63, 3.8) is 0 Å². The number of amides is 1. The van der Waals surface area contributed by atoms with Gasteiger partial charge in [0, 0.05) is 31.3 Å². The van der Waals surface area contributed by atoms with Crippen molar-refractivity contribution in [3.05, 3.63) is 0 Å². The van der Waals surface area contributed by atoms with E-state index in [0.29, 0.717) is 11.8 Å². The number of carbonyl (C=O) groups is 1. The van der Waals surface area contributed by atoms with Crippen LogP contribution in [0, 0.1) is 11.8 Å². The van der Waals surface area contributed by atoms with Gasteiger partial charge in [-0.3, -0.25) is 0 Å². The molecule has 2 rings (SSSR count). The molecular weight excluding hydrogens is 316 g/mol. The molecule has 5 heteroatoms. The average molecular weight is 355 g/mol. The summed E-state index contributed by atoms with van der Waals surface area (Å²) in [4.78, 5) is 16.3. The predicted molar refractivity (Wildman–Crippen MR) is 101 cm³/mol. The molecule has 0 aromatic heterocycles. The zero-order valence-corrected chi connectivity index (χ0v) is 16.7. The smallest absolute Gasteiger partial charge is 0.407 e. The Bertz CT molecular complexity index is 422. The molecule has 146 valence electrons. The van der Waals surface area contributed by atoms with Gasteiger partial charge in [-0.15, -0.1) is 0 Å². The van der Waals surface area contributed by atoms with Gasteiger partial charge in [0.1, 0.15) is 0 Å². The van der Waals surface area contributed by atoms with Gasteiger partial charge in [0.2, 0.25) is 0 Å². The normalized spacial score (nSPS) is 28.7. The number of hydrogen-bond acceptors (Lipinski definition) is 3. The summed E-state index contributed by atoms with van der Waals surface area (Å²) in [6.45, 7) is 13.1. The molecule has 0 aromatic carbocycles. The Morgan fingerprint density at radius 3 is 2.56 bits per heavy atom. The van der Waals surface area contributed by atoms with Crippen LogP contribution in [0.4, 0.5) is 4.79 Å². The Balaban J connectivity index is 2.01. The number of carboxylic acid groups (broad SMARTS) is 1. The lowest BCUT2D eigenvalue weighted by atomic mass is 9.81. The summed E-state index contributed by atoms with van der Waals surface area (Å²) in [6, 6.07) is 0.151. The molecule has 0 radical (unpaired) electrons. The second-order valence-corrected chi connectivity index (χ2v) is 8.86. The Labute approximate surface area is 153 Å². The Hall–Kier alpha value is -0.810. The molecule has 1 amide bonds. The summed E-state index contributed by atoms with van der Waals surface area (Å²) in [5, 5.41) is 9.82. The van der Waals surface area contributed by atoms with E-state index in [4.69, 9.17) is 4.74 Å². The number of hydrogen-bond donors (Lipinski definition) is 1. The van der Waals surface area contributed by atoms with E-state index in [9.17, 15) is 9.90 Å². The number of likely N-dealkylation sites (tertiary alicyclic amines) is 1. The summed E-state index contributed by atoms with van der Waals surface area (Å²) in [6.07, 6.45) is 6.26. The summed E-state index contributed by atoms with van der Waals surface area (Å²) in [7, 11) is 0. The SMILES string of the molecule is CCOC[C@@H]1CCCN(C[C@H]2CCCC[C@@H]2N(C(=O)O)C(C)(C)C)C1. The first-order valence-electron chi connectivity index (χ1n) is 10.1. The second kappa shape index (κ2) is 9.22. The topological polar surface area (TPSA) is 53.0 Å². The third-order valence-corrected chi connectivity index (χ3v) is 5.78. The molecule has 25 heavy (non-hydrogen) atoms. The monoisotopic (exact) mass is 354 g/mol. The molecule has 0 unspecified atom stereocenters. The fourth-order valence-electron chi connectivity index (χ4n) is 4.74. The quantitative estimate of drug-likeness (QED) is 0.781. The highest BCUT2D eigenvalue weighted by Gasteiger charge is 2.39. The van der Waals surface area contributed by atoms with Crippen molar-refractivity contribution in [1.29, 1.82) is 0 Å². The van der Waals surface area contributed by atoms with Crippen LogP contribution >= 0.6 is 0 Å². The number of ether oxygens (including phenoxy) is 1. The highest BCUT2D eigenvalue weighted by molar-refractivity contribution is 5.66. The molecule has 1 aliphatic heterocycles. The standard InChI is InChI=1S/C20H38N2O3/c1-5-25-15-16-9-8-12-21(13-16)14-17-10-6-7-11-18(17)22(19(23)24)20(2,3)4/h16-18H,5-15H2,1-4H3,(H,23,24)/t16-,17-,18+/m1/s1. The third-order valence-electron chi connectivity index (χ3n) is 5.78. The zero-order chi connectivity index (χ0) is 18.4. The third kappa shape index (κ3) is 5.85. The van der Waals surface area contributed by atoms with Gasteiger partial charge in [-0.25, -0.2) is 4.79 Å². The van der Waals surface area contributed by atoms with E-state index in [1.165, 1.54) is 19.3 Å². The van der Waals surface area contributed by atoms with Gasteiger partial charge < -0.3 is 19.6 Å². The minimum absolute atomic E-state index is 0.151. The largest absolute Gasteiger partial charge is 0.465 e. The lowest BCUT2D eigenvalue weighted by Gasteiger charge is -2.47. The minimum atomic E-state index is -0.766. The fourth-order valence-corrected chi connectivity index (χ4v) is 4.74. The highest BCUT2D eigenvalue weighted by atomic mass is 16.5. The van der Waals surface area contributed by atoms with Gasteiger partial charge in [-0.2, -0.15) is 0 Å². The molecular formula is C20H38N2O3. The maximum atomic E-state index is 11.9. The number of rotatable bonds is 6. The minimum Gasteiger partial charge on any atom is -0.465 e. The van der Waals surface area contributed by atoms with Crippen LogP contribution in [-0.4, -0.2) is 65.4 Å². The number of nitrogens with zero attached hydrogens (tertiary/aromatic N) is 2. The van der Waals surface area contributed by atoms with Crippen LogP contribution in [0.3, 0.4) is 0 Å². The van der Waals surface area contributed by atoms with Crippen molar-refractivity contribution in [2.45, 2.75) is 77.8 Å². The molecule has 2 aliphatic rings. The van der Waals surface area contributed by atoms with Gasteiger partial charge in [-0.1, -0.05) is 12.8 Å². The van der Waals surface area contributed by atoms with Gasteiger partial charge >= 0.3 is 6.09 Å². The Kier molecular flexibility index (Phi) is 7.56. The molecule has 2 fully saturated rings. The summed E-state index contributed by atoms with van der Waals surface area (Å²) in [5.74, 6) is 1.09. The first kappa shape index (κ1) is 20.5. The van der Waals surface area contributed by atoms with Crippen molar-refractivity contribution in [2.24, 2.45) is 11.8 Å². The van der Waals surface area contributed by atoms with Gasteiger partial charge in [0.05, 0.1) is 6.61 Å². The molecule has 1 aliphatic carbocycles. The van der Waals surface area contributed by atoms with Crippen molar-refractivity contribution in [2.75, 3.05) is 32.8 Å². The average Bonchev–Trinajstić information content (AvgIpc) is 2.53. The fraction of sp³-hybridized carbons (Fsp3) is 0.950. The zero-order valence-electron chi connectivity index (χ0n) is 16.7.